The van der Waals surface area contributed by atoms with E-state index in [1.54, 1.807) is 6.20 Å². The molecular weight excluding hydrogens is 332 g/mol. The van der Waals surface area contributed by atoms with Crippen molar-refractivity contribution in [3.8, 4) is 5.82 Å². The Bertz CT molecular complexity index is 731. The van der Waals surface area contributed by atoms with Gasteiger partial charge in [-0.05, 0) is 53.4 Å². The van der Waals surface area contributed by atoms with Gasteiger partial charge >= 0.3 is 0 Å². The molecular formula is C18H30N6O2. The SMILES string of the molecule is Cc1nc(CC2CC(C)(C)NC(C)(C)C2)n(-c2ccnn2C)n1.O=CO. The van der Waals surface area contributed by atoms with Gasteiger partial charge in [0.2, 0.25) is 0 Å². The molecule has 26 heavy (non-hydrogen) atoms. The molecule has 0 aromatic carbocycles. The second-order valence-electron chi connectivity index (χ2n) is 8.28. The molecule has 1 saturated heterocycles. The average molecular weight is 362 g/mol. The maximum absolute atomic E-state index is 8.36. The number of piperidine rings is 1. The maximum Gasteiger partial charge on any atom is 0.290 e. The molecule has 0 unspecified atom stereocenters. The Labute approximate surface area is 154 Å². The predicted molar refractivity (Wildman–Crippen MR) is 99.3 cm³/mol. The van der Waals surface area contributed by atoms with E-state index in [9.17, 15) is 0 Å². The third-order valence-corrected chi connectivity index (χ3v) is 4.54. The number of aryl methyl sites for hydroxylation is 2. The number of nitrogens with one attached hydrogen (secondary N) is 1. The van der Waals surface area contributed by atoms with Crippen molar-refractivity contribution in [2.75, 3.05) is 0 Å². The number of hydrogen-bond donors (Lipinski definition) is 2. The summed E-state index contributed by atoms with van der Waals surface area (Å²) in [5.41, 5.74) is 0.303. The summed E-state index contributed by atoms with van der Waals surface area (Å²) in [7, 11) is 1.94. The Kier molecular flexibility index (Phi) is 5.85. The second-order valence-corrected chi connectivity index (χ2v) is 8.28. The van der Waals surface area contributed by atoms with Crippen LogP contribution >= 0.6 is 0 Å². The molecule has 2 aromatic rings. The zero-order valence-corrected chi connectivity index (χ0v) is 16.5. The Morgan fingerprint density at radius 1 is 1.31 bits per heavy atom. The van der Waals surface area contributed by atoms with Crippen molar-refractivity contribution >= 4 is 6.47 Å². The number of hydrogen-bond acceptors (Lipinski definition) is 5. The fraction of sp³-hybridized carbons (Fsp3) is 0.667. The zero-order chi connectivity index (χ0) is 19.5. The van der Waals surface area contributed by atoms with Crippen molar-refractivity contribution in [1.82, 2.24) is 29.9 Å². The summed E-state index contributed by atoms with van der Waals surface area (Å²) in [5, 5.41) is 19.5. The quantitative estimate of drug-likeness (QED) is 0.812. The molecule has 144 valence electrons. The molecule has 8 heteroatoms. The van der Waals surface area contributed by atoms with E-state index in [1.165, 1.54) is 0 Å². The van der Waals surface area contributed by atoms with Gasteiger partial charge in [-0.15, -0.1) is 5.10 Å². The van der Waals surface area contributed by atoms with Crippen molar-refractivity contribution < 1.29 is 9.90 Å². The molecule has 0 aliphatic carbocycles. The molecule has 0 bridgehead atoms. The second kappa shape index (κ2) is 7.57. The van der Waals surface area contributed by atoms with Crippen LogP contribution in [-0.4, -0.2) is 47.2 Å². The Morgan fingerprint density at radius 3 is 2.38 bits per heavy atom. The molecule has 0 spiro atoms. The van der Waals surface area contributed by atoms with E-state index in [1.807, 2.05) is 29.4 Å². The largest absolute Gasteiger partial charge is 0.483 e. The molecule has 3 rings (SSSR count). The van der Waals surface area contributed by atoms with Crippen LogP contribution in [0.25, 0.3) is 5.82 Å². The lowest BCUT2D eigenvalue weighted by Crippen LogP contribution is -2.58. The Balaban J connectivity index is 0.000000758. The first-order valence-corrected chi connectivity index (χ1v) is 8.85. The normalized spacial score (nSPS) is 18.8. The highest BCUT2D eigenvalue weighted by atomic mass is 16.3. The van der Waals surface area contributed by atoms with E-state index >= 15 is 0 Å². The molecule has 0 atom stereocenters. The van der Waals surface area contributed by atoms with Gasteiger partial charge in [0.15, 0.2) is 5.82 Å². The van der Waals surface area contributed by atoms with Gasteiger partial charge in [0.1, 0.15) is 11.6 Å². The van der Waals surface area contributed by atoms with Gasteiger partial charge in [0.25, 0.3) is 6.47 Å². The highest BCUT2D eigenvalue weighted by Crippen LogP contribution is 2.34. The fourth-order valence-electron chi connectivity index (χ4n) is 4.29. The minimum Gasteiger partial charge on any atom is -0.483 e. The summed E-state index contributed by atoms with van der Waals surface area (Å²) in [4.78, 5) is 13.0. The third-order valence-electron chi connectivity index (χ3n) is 4.54. The van der Waals surface area contributed by atoms with Crippen molar-refractivity contribution in [1.29, 1.82) is 0 Å². The smallest absolute Gasteiger partial charge is 0.290 e. The van der Waals surface area contributed by atoms with E-state index in [0.29, 0.717) is 5.92 Å². The summed E-state index contributed by atoms with van der Waals surface area (Å²) in [6.07, 6.45) is 5.04. The molecule has 3 heterocycles. The summed E-state index contributed by atoms with van der Waals surface area (Å²) in [5.74, 6) is 3.41. The molecule has 0 radical (unpaired) electrons. The predicted octanol–water partition coefficient (Wildman–Crippen LogP) is 2.11. The van der Waals surface area contributed by atoms with Gasteiger partial charge < -0.3 is 10.4 Å². The Hall–Kier alpha value is -2.22. The highest BCUT2D eigenvalue weighted by Gasteiger charge is 2.38. The molecule has 8 nitrogen and oxygen atoms in total. The van der Waals surface area contributed by atoms with Crippen molar-refractivity contribution in [3.05, 3.63) is 23.9 Å². The average Bonchev–Trinajstić information content (AvgIpc) is 3.02. The van der Waals surface area contributed by atoms with Crippen LogP contribution in [0.4, 0.5) is 0 Å². The van der Waals surface area contributed by atoms with Crippen molar-refractivity contribution in [3.63, 3.8) is 0 Å². The fourth-order valence-corrected chi connectivity index (χ4v) is 4.29. The lowest BCUT2D eigenvalue weighted by Gasteiger charge is -2.46. The number of rotatable bonds is 3. The van der Waals surface area contributed by atoms with Crippen LogP contribution in [0, 0.1) is 12.8 Å². The van der Waals surface area contributed by atoms with E-state index < -0.39 is 0 Å². The number of carbonyl (C=O) groups is 1. The molecule has 1 aliphatic heterocycles. The monoisotopic (exact) mass is 362 g/mol. The van der Waals surface area contributed by atoms with E-state index in [2.05, 4.69) is 48.2 Å². The van der Waals surface area contributed by atoms with Gasteiger partial charge in [-0.3, -0.25) is 9.48 Å². The van der Waals surface area contributed by atoms with E-state index in [4.69, 9.17) is 9.90 Å². The Morgan fingerprint density at radius 2 is 1.88 bits per heavy atom. The molecule has 0 amide bonds. The minimum absolute atomic E-state index is 0.152. The minimum atomic E-state index is -0.250. The molecule has 0 saturated carbocycles. The first kappa shape index (κ1) is 20.1. The van der Waals surface area contributed by atoms with Gasteiger partial charge in [-0.25, -0.2) is 4.98 Å². The summed E-state index contributed by atoms with van der Waals surface area (Å²) in [6.45, 7) is 10.9. The van der Waals surface area contributed by atoms with Crippen LogP contribution in [0.3, 0.4) is 0 Å². The lowest BCUT2D eigenvalue weighted by molar-refractivity contribution is -0.122. The van der Waals surface area contributed by atoms with Crippen molar-refractivity contribution in [2.24, 2.45) is 13.0 Å². The van der Waals surface area contributed by atoms with Gasteiger partial charge in [-0.2, -0.15) is 9.78 Å². The van der Waals surface area contributed by atoms with Gasteiger partial charge in [0.05, 0.1) is 6.20 Å². The van der Waals surface area contributed by atoms with E-state index in [0.717, 1.165) is 36.7 Å². The lowest BCUT2D eigenvalue weighted by atomic mass is 9.74. The molecule has 1 fully saturated rings. The van der Waals surface area contributed by atoms with Crippen LogP contribution < -0.4 is 5.32 Å². The van der Waals surface area contributed by atoms with Crippen LogP contribution in [0.5, 0.6) is 0 Å². The number of carboxylic acid groups (broad SMARTS) is 1. The number of aromatic nitrogens is 5. The highest BCUT2D eigenvalue weighted by molar-refractivity contribution is 5.32. The first-order valence-electron chi connectivity index (χ1n) is 8.85. The molecule has 2 aromatic heterocycles. The molecule has 1 aliphatic rings. The van der Waals surface area contributed by atoms with Crippen LogP contribution in [0.1, 0.15) is 52.2 Å². The van der Waals surface area contributed by atoms with Gasteiger partial charge in [-0.1, -0.05) is 0 Å². The van der Waals surface area contributed by atoms with Crippen LogP contribution in [0.15, 0.2) is 12.3 Å². The summed E-state index contributed by atoms with van der Waals surface area (Å²) < 4.78 is 3.79. The summed E-state index contributed by atoms with van der Waals surface area (Å²) in [6, 6.07) is 1.98. The maximum atomic E-state index is 8.36. The van der Waals surface area contributed by atoms with Gasteiger partial charge in [0, 0.05) is 30.6 Å². The third kappa shape index (κ3) is 4.91. The zero-order valence-electron chi connectivity index (χ0n) is 16.5. The topological polar surface area (TPSA) is 97.9 Å². The first-order chi connectivity index (χ1) is 12.1. The summed E-state index contributed by atoms with van der Waals surface area (Å²) >= 11 is 0. The number of nitrogens with zero attached hydrogens (tertiary/aromatic N) is 5. The van der Waals surface area contributed by atoms with Crippen molar-refractivity contribution in [2.45, 2.75) is 65.0 Å². The standard InChI is InChI=1S/C17H28N6.CH2O2/c1-12-19-14(23(20-12)15-7-8-18-22(15)6)9-13-10-16(2,3)21-17(4,5)11-13;2-1-3/h7-8,13,21H,9-11H2,1-6H3;1H,(H,2,3). The van der Waals surface area contributed by atoms with Crippen LogP contribution in [-0.2, 0) is 18.3 Å². The molecule has 2 N–H and O–H groups in total. The van der Waals surface area contributed by atoms with Crippen LogP contribution in [0.2, 0.25) is 0 Å². The van der Waals surface area contributed by atoms with E-state index in [-0.39, 0.29) is 17.6 Å².